The van der Waals surface area contributed by atoms with Crippen LogP contribution < -0.4 is 22.1 Å². The third-order valence-electron chi connectivity index (χ3n) is 4.53. The second-order valence-electron chi connectivity index (χ2n) is 6.27. The average Bonchev–Trinajstić information content (AvgIpc) is 3.30. The van der Waals surface area contributed by atoms with Crippen molar-refractivity contribution in [3.05, 3.63) is 72.1 Å². The second-order valence-corrected chi connectivity index (χ2v) is 6.27. The summed E-state index contributed by atoms with van der Waals surface area (Å²) in [5.74, 6) is 1.19. The number of fused-ring (bicyclic) bond motifs is 2. The third-order valence-corrected chi connectivity index (χ3v) is 4.53. The summed E-state index contributed by atoms with van der Waals surface area (Å²) in [6.07, 6.45) is 4.65. The van der Waals surface area contributed by atoms with E-state index in [9.17, 15) is 0 Å². The zero-order valence-corrected chi connectivity index (χ0v) is 13.9. The van der Waals surface area contributed by atoms with Crippen LogP contribution in [0.3, 0.4) is 0 Å². The van der Waals surface area contributed by atoms with Crippen molar-refractivity contribution in [3.8, 4) is 5.69 Å². The van der Waals surface area contributed by atoms with E-state index in [1.54, 1.807) is 0 Å². The van der Waals surface area contributed by atoms with Crippen molar-refractivity contribution in [2.75, 3.05) is 16.6 Å². The van der Waals surface area contributed by atoms with E-state index >= 15 is 0 Å². The number of hydrazine groups is 2. The van der Waals surface area contributed by atoms with Gasteiger partial charge in [0.25, 0.3) is 0 Å². The largest absolute Gasteiger partial charge is 0.384 e. The molecule has 0 spiro atoms. The summed E-state index contributed by atoms with van der Waals surface area (Å²) >= 11 is 0. The highest BCUT2D eigenvalue weighted by atomic mass is 15.6. The number of hydrogen-bond acceptors (Lipinski definition) is 6. The van der Waals surface area contributed by atoms with E-state index in [0.29, 0.717) is 18.1 Å². The molecule has 1 aliphatic rings. The number of nitrogen functional groups attached to an aromatic ring is 1. The van der Waals surface area contributed by atoms with Gasteiger partial charge in [0.15, 0.2) is 5.82 Å². The Kier molecular flexibility index (Phi) is 3.26. The van der Waals surface area contributed by atoms with Gasteiger partial charge in [-0.15, -0.1) is 5.53 Å². The number of pyridine rings is 1. The Labute approximate surface area is 149 Å². The van der Waals surface area contributed by atoms with Gasteiger partial charge in [0, 0.05) is 18.0 Å². The molecule has 26 heavy (non-hydrogen) atoms. The van der Waals surface area contributed by atoms with Crippen molar-refractivity contribution in [1.29, 1.82) is 0 Å². The molecule has 0 saturated carbocycles. The molecular weight excluding hydrogens is 326 g/mol. The van der Waals surface area contributed by atoms with Gasteiger partial charge < -0.3 is 11.2 Å². The first kappa shape index (κ1) is 14.7. The van der Waals surface area contributed by atoms with Crippen LogP contribution in [-0.4, -0.2) is 14.8 Å². The number of benzene rings is 2. The number of nitrogens with zero attached hydrogens (tertiary/aromatic N) is 3. The van der Waals surface area contributed by atoms with Crippen molar-refractivity contribution in [2.45, 2.75) is 6.42 Å². The van der Waals surface area contributed by atoms with Gasteiger partial charge in [-0.1, -0.05) is 36.4 Å². The second kappa shape index (κ2) is 5.75. The van der Waals surface area contributed by atoms with Crippen LogP contribution in [0.1, 0.15) is 11.1 Å². The maximum absolute atomic E-state index is 5.92. The Balaban J connectivity index is 1.52. The van der Waals surface area contributed by atoms with Crippen LogP contribution in [-0.2, 0) is 6.42 Å². The molecule has 0 fully saturated rings. The lowest BCUT2D eigenvalue weighted by atomic mass is 10.1. The lowest BCUT2D eigenvalue weighted by Crippen LogP contribution is -2.19. The quantitative estimate of drug-likeness (QED) is 0.457. The van der Waals surface area contributed by atoms with Gasteiger partial charge in [0.05, 0.1) is 17.6 Å². The number of hydrogen-bond donors (Lipinski definition) is 4. The normalized spacial score (nSPS) is 12.6. The van der Waals surface area contributed by atoms with Crippen molar-refractivity contribution in [3.63, 3.8) is 0 Å². The van der Waals surface area contributed by atoms with E-state index in [2.05, 4.69) is 63.0 Å². The summed E-state index contributed by atoms with van der Waals surface area (Å²) in [7, 11) is 0. The molecule has 128 valence electrons. The average molecular weight is 343 g/mol. The Morgan fingerprint density at radius 1 is 1.04 bits per heavy atom. The third kappa shape index (κ3) is 2.42. The number of nitrogens with two attached hydrogens (primary N) is 1. The Morgan fingerprint density at radius 3 is 2.88 bits per heavy atom. The highest BCUT2D eigenvalue weighted by Crippen LogP contribution is 2.30. The van der Waals surface area contributed by atoms with E-state index in [0.717, 1.165) is 22.5 Å². The molecule has 0 unspecified atom stereocenters. The molecule has 0 atom stereocenters. The van der Waals surface area contributed by atoms with E-state index in [4.69, 9.17) is 5.73 Å². The number of anilines is 3. The summed E-state index contributed by atoms with van der Waals surface area (Å²) in [6, 6.07) is 16.4. The number of rotatable bonds is 3. The van der Waals surface area contributed by atoms with Crippen molar-refractivity contribution in [1.82, 2.24) is 20.3 Å². The molecule has 0 radical (unpaired) electrons. The predicted molar refractivity (Wildman–Crippen MR) is 103 cm³/mol. The molecule has 2 aromatic carbocycles. The summed E-state index contributed by atoms with van der Waals surface area (Å²) in [4.78, 5) is 4.26. The number of aromatic nitrogens is 3. The minimum atomic E-state index is 0.484. The highest BCUT2D eigenvalue weighted by molar-refractivity contribution is 5.90. The van der Waals surface area contributed by atoms with Gasteiger partial charge in [0.1, 0.15) is 5.82 Å². The minimum Gasteiger partial charge on any atom is -0.384 e. The van der Waals surface area contributed by atoms with Gasteiger partial charge in [-0.2, -0.15) is 5.10 Å². The molecule has 0 bridgehead atoms. The van der Waals surface area contributed by atoms with Gasteiger partial charge in [-0.25, -0.2) is 9.67 Å². The molecule has 7 heteroatoms. The summed E-state index contributed by atoms with van der Waals surface area (Å²) in [6.45, 7) is 0. The monoisotopic (exact) mass is 343 g/mol. The van der Waals surface area contributed by atoms with Crippen molar-refractivity contribution < 1.29 is 0 Å². The standard InChI is InChI=1S/C19H17N7/c20-17-9-14(18-19(22-17)24-25-23-18)8-12-10-21-26(11-12)16-7-3-5-13-4-1-2-6-15(13)16/h1-7,9-11,23,25H,8H2,(H3,20,22,24). The van der Waals surface area contributed by atoms with E-state index in [-0.39, 0.29) is 0 Å². The first-order valence-electron chi connectivity index (χ1n) is 8.36. The molecule has 0 amide bonds. The van der Waals surface area contributed by atoms with Crippen molar-refractivity contribution >= 4 is 28.1 Å². The fourth-order valence-corrected chi connectivity index (χ4v) is 3.35. The molecule has 0 saturated heterocycles. The first-order chi connectivity index (χ1) is 12.8. The topological polar surface area (TPSA) is 92.8 Å². The van der Waals surface area contributed by atoms with Crippen LogP contribution in [0.4, 0.5) is 17.3 Å². The molecular formula is C19H17N7. The Bertz CT molecular complexity index is 1110. The predicted octanol–water partition coefficient (Wildman–Crippen LogP) is 2.85. The van der Waals surface area contributed by atoms with E-state index in [1.807, 2.05) is 29.1 Å². The molecule has 2 aromatic heterocycles. The first-order valence-corrected chi connectivity index (χ1v) is 8.36. The van der Waals surface area contributed by atoms with Crippen LogP contribution in [0.25, 0.3) is 16.5 Å². The zero-order valence-electron chi connectivity index (χ0n) is 13.9. The van der Waals surface area contributed by atoms with Gasteiger partial charge in [-0.05, 0) is 28.6 Å². The summed E-state index contributed by atoms with van der Waals surface area (Å²) in [5, 5.41) is 6.94. The Morgan fingerprint density at radius 2 is 1.92 bits per heavy atom. The summed E-state index contributed by atoms with van der Waals surface area (Å²) < 4.78 is 1.92. The van der Waals surface area contributed by atoms with E-state index < -0.39 is 0 Å². The molecule has 0 aliphatic carbocycles. The maximum atomic E-state index is 5.92. The zero-order chi connectivity index (χ0) is 17.5. The van der Waals surface area contributed by atoms with Crippen LogP contribution in [0.2, 0.25) is 0 Å². The molecule has 1 aliphatic heterocycles. The fraction of sp³-hybridized carbons (Fsp3) is 0.0526. The van der Waals surface area contributed by atoms with Crippen LogP contribution >= 0.6 is 0 Å². The van der Waals surface area contributed by atoms with E-state index in [1.165, 1.54) is 10.8 Å². The molecule has 3 heterocycles. The fourth-order valence-electron chi connectivity index (χ4n) is 3.35. The van der Waals surface area contributed by atoms with Crippen molar-refractivity contribution in [2.24, 2.45) is 0 Å². The molecule has 5 N–H and O–H groups in total. The summed E-state index contributed by atoms with van der Waals surface area (Å²) in [5.41, 5.74) is 18.9. The van der Waals surface area contributed by atoms with Crippen LogP contribution in [0, 0.1) is 0 Å². The minimum absolute atomic E-state index is 0.484. The molecule has 5 rings (SSSR count). The van der Waals surface area contributed by atoms with Crippen LogP contribution in [0.5, 0.6) is 0 Å². The molecule has 7 nitrogen and oxygen atoms in total. The SMILES string of the molecule is Nc1cc(Cc2cnn(-c3cccc4ccccc34)c2)c2c(n1)NNN2. The lowest BCUT2D eigenvalue weighted by Gasteiger charge is -2.07. The van der Waals surface area contributed by atoms with Crippen LogP contribution in [0.15, 0.2) is 60.9 Å². The van der Waals surface area contributed by atoms with Gasteiger partial charge in [-0.3, -0.25) is 5.43 Å². The smallest absolute Gasteiger partial charge is 0.169 e. The van der Waals surface area contributed by atoms with Gasteiger partial charge >= 0.3 is 0 Å². The lowest BCUT2D eigenvalue weighted by molar-refractivity contribution is 0.887. The van der Waals surface area contributed by atoms with Gasteiger partial charge in [0.2, 0.25) is 0 Å². The molecule has 4 aromatic rings. The highest BCUT2D eigenvalue weighted by Gasteiger charge is 2.17. The number of nitrogens with one attached hydrogen (secondary N) is 3. The maximum Gasteiger partial charge on any atom is 0.169 e. The Hall–Kier alpha value is -3.58.